The standard InChI is InChI=1S/C27H26N2O5/c1-14-4-7-19(11-15(14)2)28-22(30)13-34-27(33)17-5-8-20(9-6-17)29-25(31)23-18-10-16(3)21(12-18)24(23)26(29)32/h4-11,18,21,23-24H,12-13H2,1-3H3,(H,28,30)/t18-,21+,23-,24+/m0/s1. The van der Waals surface area contributed by atoms with Gasteiger partial charge in [0, 0.05) is 5.69 Å². The van der Waals surface area contributed by atoms with Gasteiger partial charge in [0.25, 0.3) is 5.91 Å². The van der Waals surface area contributed by atoms with Crippen molar-refractivity contribution in [3.8, 4) is 0 Å². The van der Waals surface area contributed by atoms with Gasteiger partial charge in [-0.15, -0.1) is 0 Å². The minimum atomic E-state index is -0.657. The van der Waals surface area contributed by atoms with Crippen molar-refractivity contribution in [2.75, 3.05) is 16.8 Å². The molecule has 7 nitrogen and oxygen atoms in total. The number of fused-ring (bicyclic) bond motifs is 5. The number of nitrogens with zero attached hydrogens (tertiary/aromatic N) is 1. The zero-order chi connectivity index (χ0) is 24.1. The molecule has 1 heterocycles. The van der Waals surface area contributed by atoms with Crippen LogP contribution in [-0.2, 0) is 19.1 Å². The summed E-state index contributed by atoms with van der Waals surface area (Å²) in [5, 5.41) is 2.71. The Morgan fingerprint density at radius 3 is 2.38 bits per heavy atom. The molecule has 2 fully saturated rings. The Labute approximate surface area is 197 Å². The van der Waals surface area contributed by atoms with E-state index in [0.29, 0.717) is 11.4 Å². The Hall–Kier alpha value is -3.74. The molecule has 5 rings (SSSR count). The molecule has 34 heavy (non-hydrogen) atoms. The van der Waals surface area contributed by atoms with E-state index in [1.54, 1.807) is 18.2 Å². The predicted molar refractivity (Wildman–Crippen MR) is 126 cm³/mol. The SMILES string of the molecule is CC1=C[C@H]2C[C@H]1[C@H]1C(=O)N(c3ccc(C(=O)OCC(=O)Nc4ccc(C)c(C)c4)cc3)C(=O)[C@H]12. The van der Waals surface area contributed by atoms with Gasteiger partial charge in [-0.05, 0) is 86.6 Å². The molecule has 1 N–H and O–H groups in total. The molecule has 1 saturated carbocycles. The van der Waals surface area contributed by atoms with Gasteiger partial charge in [-0.2, -0.15) is 0 Å². The summed E-state index contributed by atoms with van der Waals surface area (Å²) >= 11 is 0. The summed E-state index contributed by atoms with van der Waals surface area (Å²) in [6.45, 7) is 5.54. The van der Waals surface area contributed by atoms with E-state index in [9.17, 15) is 19.2 Å². The first-order chi connectivity index (χ1) is 16.2. The maximum absolute atomic E-state index is 13.1. The second-order valence-corrected chi connectivity index (χ2v) is 9.45. The third-order valence-electron chi connectivity index (χ3n) is 7.37. The van der Waals surface area contributed by atoms with Crippen LogP contribution in [-0.4, -0.2) is 30.3 Å². The van der Waals surface area contributed by atoms with E-state index >= 15 is 0 Å². The third-order valence-corrected chi connectivity index (χ3v) is 7.37. The van der Waals surface area contributed by atoms with E-state index in [4.69, 9.17) is 4.74 Å². The Bertz CT molecular complexity index is 1250. The van der Waals surface area contributed by atoms with Gasteiger partial charge in [-0.3, -0.25) is 19.3 Å². The highest BCUT2D eigenvalue weighted by Gasteiger charge is 2.60. The smallest absolute Gasteiger partial charge is 0.338 e. The van der Waals surface area contributed by atoms with Crippen LogP contribution in [0, 0.1) is 37.5 Å². The van der Waals surface area contributed by atoms with Crippen molar-refractivity contribution in [2.45, 2.75) is 27.2 Å². The fourth-order valence-electron chi connectivity index (χ4n) is 5.51. The number of carbonyl (C=O) groups excluding carboxylic acids is 4. The molecular weight excluding hydrogens is 432 g/mol. The highest BCUT2D eigenvalue weighted by atomic mass is 16.5. The van der Waals surface area contributed by atoms with Gasteiger partial charge in [0.15, 0.2) is 6.61 Å². The lowest BCUT2D eigenvalue weighted by Gasteiger charge is -2.19. The fraction of sp³-hybridized carbons (Fsp3) is 0.333. The topological polar surface area (TPSA) is 92.8 Å². The molecule has 3 aliphatic rings. The molecule has 0 radical (unpaired) electrons. The average molecular weight is 459 g/mol. The number of allylic oxidation sites excluding steroid dienone is 2. The molecule has 2 aromatic rings. The summed E-state index contributed by atoms with van der Waals surface area (Å²) < 4.78 is 5.13. The van der Waals surface area contributed by atoms with Gasteiger partial charge in [0.1, 0.15) is 0 Å². The normalized spacial score (nSPS) is 24.8. The molecule has 1 aliphatic heterocycles. The summed E-state index contributed by atoms with van der Waals surface area (Å²) in [4.78, 5) is 51.9. The van der Waals surface area contributed by atoms with Gasteiger partial charge < -0.3 is 10.1 Å². The van der Waals surface area contributed by atoms with Crippen LogP contribution in [0.5, 0.6) is 0 Å². The minimum Gasteiger partial charge on any atom is -0.452 e. The zero-order valence-corrected chi connectivity index (χ0v) is 19.3. The van der Waals surface area contributed by atoms with E-state index in [0.717, 1.165) is 17.5 Å². The van der Waals surface area contributed by atoms with E-state index in [-0.39, 0.29) is 41.0 Å². The number of aryl methyl sites for hydroxylation is 2. The Kier molecular flexibility index (Phi) is 5.35. The first-order valence-electron chi connectivity index (χ1n) is 11.4. The molecule has 2 aromatic carbocycles. The quantitative estimate of drug-likeness (QED) is 0.418. The molecule has 0 unspecified atom stereocenters. The molecule has 7 heteroatoms. The maximum Gasteiger partial charge on any atom is 0.338 e. The van der Waals surface area contributed by atoms with Gasteiger partial charge in [0.05, 0.1) is 23.1 Å². The van der Waals surface area contributed by atoms with E-state index in [1.165, 1.54) is 22.6 Å². The van der Waals surface area contributed by atoms with Crippen LogP contribution in [0.2, 0.25) is 0 Å². The molecular formula is C27H26N2O5. The summed E-state index contributed by atoms with van der Waals surface area (Å²) in [5.74, 6) is -1.67. The van der Waals surface area contributed by atoms with Crippen molar-refractivity contribution in [3.05, 3.63) is 70.8 Å². The van der Waals surface area contributed by atoms with Crippen LogP contribution < -0.4 is 10.2 Å². The number of anilines is 2. The molecule has 2 bridgehead atoms. The average Bonchev–Trinajstić information content (AvgIpc) is 3.45. The largest absolute Gasteiger partial charge is 0.452 e. The Morgan fingerprint density at radius 1 is 0.971 bits per heavy atom. The van der Waals surface area contributed by atoms with Gasteiger partial charge >= 0.3 is 5.97 Å². The lowest BCUT2D eigenvalue weighted by atomic mass is 9.82. The second-order valence-electron chi connectivity index (χ2n) is 9.45. The Morgan fingerprint density at radius 2 is 1.68 bits per heavy atom. The first-order valence-corrected chi connectivity index (χ1v) is 11.4. The lowest BCUT2D eigenvalue weighted by Crippen LogP contribution is -2.33. The third kappa shape index (κ3) is 3.61. The number of nitrogens with one attached hydrogen (secondary N) is 1. The molecule has 4 atom stereocenters. The van der Waals surface area contributed by atoms with E-state index < -0.39 is 18.5 Å². The molecule has 2 aliphatic carbocycles. The predicted octanol–water partition coefficient (Wildman–Crippen LogP) is 3.80. The van der Waals surface area contributed by atoms with Crippen molar-refractivity contribution in [1.29, 1.82) is 0 Å². The summed E-state index contributed by atoms with van der Waals surface area (Å²) in [6.07, 6.45) is 3.02. The number of imide groups is 1. The van der Waals surface area contributed by atoms with Crippen LogP contribution in [0.1, 0.15) is 34.8 Å². The van der Waals surface area contributed by atoms with Crippen molar-refractivity contribution >= 4 is 35.1 Å². The number of amides is 3. The number of hydrogen-bond donors (Lipinski definition) is 1. The first kappa shape index (κ1) is 22.1. The van der Waals surface area contributed by atoms with Crippen LogP contribution in [0.15, 0.2) is 54.1 Å². The summed E-state index contributed by atoms with van der Waals surface area (Å²) in [7, 11) is 0. The van der Waals surface area contributed by atoms with Crippen molar-refractivity contribution < 1.29 is 23.9 Å². The van der Waals surface area contributed by atoms with Gasteiger partial charge in [-0.1, -0.05) is 17.7 Å². The van der Waals surface area contributed by atoms with Crippen LogP contribution in [0.25, 0.3) is 0 Å². The number of hydrogen-bond acceptors (Lipinski definition) is 5. The van der Waals surface area contributed by atoms with Crippen molar-refractivity contribution in [1.82, 2.24) is 0 Å². The lowest BCUT2D eigenvalue weighted by molar-refractivity contribution is -0.123. The molecule has 0 spiro atoms. The summed E-state index contributed by atoms with van der Waals surface area (Å²) in [5.41, 5.74) is 4.69. The van der Waals surface area contributed by atoms with Crippen LogP contribution in [0.3, 0.4) is 0 Å². The highest BCUT2D eigenvalue weighted by Crippen LogP contribution is 2.55. The number of ether oxygens (including phenoxy) is 1. The molecule has 174 valence electrons. The fourth-order valence-corrected chi connectivity index (χ4v) is 5.51. The highest BCUT2D eigenvalue weighted by molar-refractivity contribution is 6.23. The van der Waals surface area contributed by atoms with Crippen LogP contribution in [0.4, 0.5) is 11.4 Å². The molecule has 0 aromatic heterocycles. The van der Waals surface area contributed by atoms with E-state index in [2.05, 4.69) is 11.4 Å². The number of esters is 1. The minimum absolute atomic E-state index is 0.140. The maximum atomic E-state index is 13.1. The van der Waals surface area contributed by atoms with Gasteiger partial charge in [-0.25, -0.2) is 4.79 Å². The Balaban J connectivity index is 1.20. The summed E-state index contributed by atoms with van der Waals surface area (Å²) in [6, 6.07) is 11.7. The van der Waals surface area contributed by atoms with Crippen molar-refractivity contribution in [3.63, 3.8) is 0 Å². The molecule has 3 amide bonds. The van der Waals surface area contributed by atoms with Crippen molar-refractivity contribution in [2.24, 2.45) is 23.7 Å². The van der Waals surface area contributed by atoms with Gasteiger partial charge in [0.2, 0.25) is 11.8 Å². The number of benzene rings is 2. The number of carbonyl (C=O) groups is 4. The monoisotopic (exact) mass is 458 g/mol. The van der Waals surface area contributed by atoms with E-state index in [1.807, 2.05) is 32.9 Å². The number of rotatable bonds is 5. The van der Waals surface area contributed by atoms with Crippen LogP contribution >= 0.6 is 0 Å². The zero-order valence-electron chi connectivity index (χ0n) is 19.3. The molecule has 1 saturated heterocycles. The second kappa shape index (κ2) is 8.24.